The zero-order chi connectivity index (χ0) is 14.0. The summed E-state index contributed by atoms with van der Waals surface area (Å²) >= 11 is 12.2. The van der Waals surface area contributed by atoms with Gasteiger partial charge in [0.05, 0.1) is 20.7 Å². The predicted molar refractivity (Wildman–Crippen MR) is 81.2 cm³/mol. The van der Waals surface area contributed by atoms with Crippen molar-refractivity contribution < 1.29 is 4.39 Å². The van der Waals surface area contributed by atoms with E-state index in [0.29, 0.717) is 15.2 Å². The molecule has 2 rings (SSSR count). The van der Waals surface area contributed by atoms with Crippen molar-refractivity contribution in [3.05, 3.63) is 55.7 Å². The molecule has 0 bridgehead atoms. The average Bonchev–Trinajstić information content (AvgIpc) is 2.40. The second kappa shape index (κ2) is 5.91. The molecule has 0 amide bonds. The SMILES string of the molecule is N#Cc1ccc(Nc2ccc(Cl)c(Br)c2)c(F)c1Br. The Hall–Kier alpha value is -1.09. The Morgan fingerprint density at radius 1 is 1.21 bits per heavy atom. The van der Waals surface area contributed by atoms with Crippen molar-refractivity contribution in [3.63, 3.8) is 0 Å². The van der Waals surface area contributed by atoms with Gasteiger partial charge in [-0.2, -0.15) is 5.26 Å². The number of rotatable bonds is 2. The molecule has 1 N–H and O–H groups in total. The molecule has 2 nitrogen and oxygen atoms in total. The molecule has 0 aromatic heterocycles. The molecule has 0 saturated carbocycles. The predicted octanol–water partition coefficient (Wildman–Crippen LogP) is 5.62. The maximum absolute atomic E-state index is 14.0. The molecule has 0 heterocycles. The number of hydrogen-bond donors (Lipinski definition) is 1. The van der Waals surface area contributed by atoms with Crippen LogP contribution in [0.4, 0.5) is 15.8 Å². The monoisotopic (exact) mass is 402 g/mol. The Kier molecular flexibility index (Phi) is 4.46. The van der Waals surface area contributed by atoms with Crippen molar-refractivity contribution in [2.45, 2.75) is 0 Å². The van der Waals surface area contributed by atoms with Gasteiger partial charge in [0.2, 0.25) is 0 Å². The lowest BCUT2D eigenvalue weighted by Gasteiger charge is -2.10. The molecule has 0 unspecified atom stereocenters. The molecule has 6 heteroatoms. The molecule has 96 valence electrons. The van der Waals surface area contributed by atoms with E-state index in [9.17, 15) is 4.39 Å². The van der Waals surface area contributed by atoms with Crippen LogP contribution in [0.25, 0.3) is 0 Å². The van der Waals surface area contributed by atoms with E-state index in [1.165, 1.54) is 6.07 Å². The van der Waals surface area contributed by atoms with Crippen LogP contribution in [0.5, 0.6) is 0 Å². The molecule has 0 aliphatic heterocycles. The molecule has 0 aliphatic rings. The molecule has 0 fully saturated rings. The minimum atomic E-state index is -0.509. The number of halogens is 4. The quantitative estimate of drug-likeness (QED) is 0.705. The fraction of sp³-hybridized carbons (Fsp3) is 0. The highest BCUT2D eigenvalue weighted by Gasteiger charge is 2.11. The zero-order valence-electron chi connectivity index (χ0n) is 9.35. The first-order valence-corrected chi connectivity index (χ1v) is 7.09. The van der Waals surface area contributed by atoms with E-state index in [-0.39, 0.29) is 15.7 Å². The highest BCUT2D eigenvalue weighted by atomic mass is 79.9. The Morgan fingerprint density at radius 3 is 2.58 bits per heavy atom. The summed E-state index contributed by atoms with van der Waals surface area (Å²) in [6.07, 6.45) is 0. The summed E-state index contributed by atoms with van der Waals surface area (Å²) in [5.74, 6) is -0.509. The normalized spacial score (nSPS) is 10.1. The lowest BCUT2D eigenvalue weighted by molar-refractivity contribution is 0.624. The maximum Gasteiger partial charge on any atom is 0.162 e. The number of benzene rings is 2. The van der Waals surface area contributed by atoms with Crippen LogP contribution in [0.1, 0.15) is 5.56 Å². The topological polar surface area (TPSA) is 35.8 Å². The van der Waals surface area contributed by atoms with Crippen LogP contribution >= 0.6 is 43.5 Å². The zero-order valence-corrected chi connectivity index (χ0v) is 13.3. The molecule has 0 spiro atoms. The second-order valence-corrected chi connectivity index (χ2v) is 5.71. The van der Waals surface area contributed by atoms with Gasteiger partial charge < -0.3 is 5.32 Å². The molecular formula is C13H6Br2ClFN2. The highest BCUT2D eigenvalue weighted by molar-refractivity contribution is 9.10. The van der Waals surface area contributed by atoms with Crippen LogP contribution in [-0.2, 0) is 0 Å². The second-order valence-electron chi connectivity index (χ2n) is 3.65. The van der Waals surface area contributed by atoms with E-state index in [1.807, 2.05) is 6.07 Å². The minimum absolute atomic E-state index is 0.146. The first-order chi connectivity index (χ1) is 9.02. The summed E-state index contributed by atoms with van der Waals surface area (Å²) in [6, 6.07) is 10.1. The average molecular weight is 404 g/mol. The standard InChI is InChI=1S/C13H6Br2ClFN2/c14-9-5-8(2-3-10(9)16)19-11-4-1-7(6-18)12(15)13(11)17/h1-5,19H. The van der Waals surface area contributed by atoms with Gasteiger partial charge in [0.1, 0.15) is 6.07 Å². The van der Waals surface area contributed by atoms with Gasteiger partial charge in [-0.3, -0.25) is 0 Å². The van der Waals surface area contributed by atoms with Gasteiger partial charge in [-0.15, -0.1) is 0 Å². The first kappa shape index (κ1) is 14.3. The van der Waals surface area contributed by atoms with Crippen LogP contribution in [0, 0.1) is 17.1 Å². The van der Waals surface area contributed by atoms with Crippen LogP contribution in [0.3, 0.4) is 0 Å². The van der Waals surface area contributed by atoms with Crippen LogP contribution in [-0.4, -0.2) is 0 Å². The Bertz CT molecular complexity index is 683. The largest absolute Gasteiger partial charge is 0.353 e. The van der Waals surface area contributed by atoms with E-state index in [4.69, 9.17) is 16.9 Å². The molecule has 0 saturated heterocycles. The van der Waals surface area contributed by atoms with Crippen molar-refractivity contribution in [3.8, 4) is 6.07 Å². The smallest absolute Gasteiger partial charge is 0.162 e. The fourth-order valence-electron chi connectivity index (χ4n) is 1.46. The first-order valence-electron chi connectivity index (χ1n) is 5.13. The minimum Gasteiger partial charge on any atom is -0.353 e. The van der Waals surface area contributed by atoms with Crippen LogP contribution < -0.4 is 5.32 Å². The number of anilines is 2. The van der Waals surface area contributed by atoms with E-state index in [2.05, 4.69) is 37.2 Å². The van der Waals surface area contributed by atoms with E-state index in [1.54, 1.807) is 24.3 Å². The number of nitriles is 1. The number of hydrogen-bond acceptors (Lipinski definition) is 2. The van der Waals surface area contributed by atoms with Gasteiger partial charge in [0.15, 0.2) is 5.82 Å². The van der Waals surface area contributed by atoms with Crippen molar-refractivity contribution >= 4 is 54.8 Å². The molecule has 2 aromatic rings. The Balaban J connectivity index is 2.36. The third-order valence-electron chi connectivity index (χ3n) is 2.40. The molecular weight excluding hydrogens is 398 g/mol. The van der Waals surface area contributed by atoms with E-state index < -0.39 is 5.82 Å². The molecule has 19 heavy (non-hydrogen) atoms. The fourth-order valence-corrected chi connectivity index (χ4v) is 2.39. The van der Waals surface area contributed by atoms with Gasteiger partial charge in [-0.1, -0.05) is 11.6 Å². The lowest BCUT2D eigenvalue weighted by atomic mass is 10.2. The van der Waals surface area contributed by atoms with Gasteiger partial charge >= 0.3 is 0 Å². The molecule has 0 radical (unpaired) electrons. The number of nitrogens with one attached hydrogen (secondary N) is 1. The van der Waals surface area contributed by atoms with Gasteiger partial charge in [-0.25, -0.2) is 4.39 Å². The summed E-state index contributed by atoms with van der Waals surface area (Å²) in [5, 5.41) is 12.3. The van der Waals surface area contributed by atoms with Gasteiger partial charge in [0, 0.05) is 10.2 Å². The van der Waals surface area contributed by atoms with Gasteiger partial charge in [-0.05, 0) is 62.2 Å². The van der Waals surface area contributed by atoms with Crippen LogP contribution in [0.2, 0.25) is 5.02 Å². The van der Waals surface area contributed by atoms with Crippen molar-refractivity contribution in [2.24, 2.45) is 0 Å². The van der Waals surface area contributed by atoms with Crippen molar-refractivity contribution in [1.29, 1.82) is 5.26 Å². The molecule has 0 atom stereocenters. The summed E-state index contributed by atoms with van der Waals surface area (Å²) in [6.45, 7) is 0. The Morgan fingerprint density at radius 2 is 1.95 bits per heavy atom. The lowest BCUT2D eigenvalue weighted by Crippen LogP contribution is -1.96. The summed E-state index contributed by atoms with van der Waals surface area (Å²) < 4.78 is 14.9. The summed E-state index contributed by atoms with van der Waals surface area (Å²) in [4.78, 5) is 0. The van der Waals surface area contributed by atoms with E-state index >= 15 is 0 Å². The van der Waals surface area contributed by atoms with Crippen LogP contribution in [0.15, 0.2) is 39.3 Å². The molecule has 0 aliphatic carbocycles. The number of nitrogens with zero attached hydrogens (tertiary/aromatic N) is 1. The van der Waals surface area contributed by atoms with Crippen molar-refractivity contribution in [1.82, 2.24) is 0 Å². The third-order valence-corrected chi connectivity index (χ3v) is 4.39. The van der Waals surface area contributed by atoms with Crippen molar-refractivity contribution in [2.75, 3.05) is 5.32 Å². The summed E-state index contributed by atoms with van der Waals surface area (Å²) in [5.41, 5.74) is 1.22. The summed E-state index contributed by atoms with van der Waals surface area (Å²) in [7, 11) is 0. The van der Waals surface area contributed by atoms with Gasteiger partial charge in [0.25, 0.3) is 0 Å². The third kappa shape index (κ3) is 3.08. The Labute approximate surface area is 131 Å². The molecule has 2 aromatic carbocycles. The highest BCUT2D eigenvalue weighted by Crippen LogP contribution is 2.31. The maximum atomic E-state index is 14.0. The van der Waals surface area contributed by atoms with E-state index in [0.717, 1.165) is 0 Å².